The van der Waals surface area contributed by atoms with Gasteiger partial charge in [-0.25, -0.2) is 0 Å². The maximum atomic E-state index is 5.43. The van der Waals surface area contributed by atoms with E-state index in [2.05, 4.69) is 14.9 Å². The summed E-state index contributed by atoms with van der Waals surface area (Å²) >= 11 is 0. The number of hydrogen-bond donors (Lipinski definition) is 0. The number of hydrogen-bond acceptors (Lipinski definition) is 6. The predicted molar refractivity (Wildman–Crippen MR) is 76.3 cm³/mol. The average Bonchev–Trinajstić information content (AvgIpc) is 2.94. The van der Waals surface area contributed by atoms with Crippen LogP contribution in [0.2, 0.25) is 0 Å². The minimum atomic E-state index is 0.261. The molecule has 0 N–H and O–H groups in total. The van der Waals surface area contributed by atoms with Gasteiger partial charge in [0.05, 0.1) is 12.8 Å². The highest BCUT2D eigenvalue weighted by molar-refractivity contribution is 5.51. The molecule has 1 aromatic heterocycles. The van der Waals surface area contributed by atoms with Crippen LogP contribution in [0.3, 0.4) is 0 Å². The van der Waals surface area contributed by atoms with Crippen LogP contribution in [0.5, 0.6) is 17.2 Å². The lowest BCUT2D eigenvalue weighted by atomic mass is 10.1. The molecule has 110 valence electrons. The van der Waals surface area contributed by atoms with E-state index in [9.17, 15) is 0 Å². The molecule has 3 rings (SSSR count). The first-order valence-corrected chi connectivity index (χ1v) is 6.66. The van der Waals surface area contributed by atoms with Crippen LogP contribution >= 0.6 is 0 Å². The van der Waals surface area contributed by atoms with E-state index < -0.39 is 0 Å². The molecule has 6 heteroatoms. The molecule has 0 radical (unpaired) electrons. The summed E-state index contributed by atoms with van der Waals surface area (Å²) in [4.78, 5) is 10.5. The van der Waals surface area contributed by atoms with E-state index in [1.807, 2.05) is 19.2 Å². The Morgan fingerprint density at radius 3 is 2.71 bits per heavy atom. The van der Waals surface area contributed by atoms with Gasteiger partial charge in [-0.2, -0.15) is 0 Å². The third-order valence-electron chi connectivity index (χ3n) is 3.26. The molecule has 0 spiro atoms. The summed E-state index contributed by atoms with van der Waals surface area (Å²) in [5.74, 6) is 2.29. The molecule has 0 saturated carbocycles. The average molecular weight is 287 g/mol. The monoisotopic (exact) mass is 287 g/mol. The molecule has 0 aliphatic carbocycles. The largest absolute Gasteiger partial charge is 0.496 e. The molecule has 6 nitrogen and oxygen atoms in total. The fraction of sp³-hybridized carbons (Fsp3) is 0.333. The Morgan fingerprint density at radius 2 is 2.00 bits per heavy atom. The van der Waals surface area contributed by atoms with Crippen LogP contribution in [0.25, 0.3) is 0 Å². The number of benzene rings is 1. The van der Waals surface area contributed by atoms with Gasteiger partial charge in [0.1, 0.15) is 5.75 Å². The Bertz CT molecular complexity index is 619. The van der Waals surface area contributed by atoms with Gasteiger partial charge in [-0.15, -0.1) is 0 Å². The van der Waals surface area contributed by atoms with Crippen molar-refractivity contribution < 1.29 is 14.2 Å². The van der Waals surface area contributed by atoms with E-state index in [4.69, 9.17) is 14.2 Å². The van der Waals surface area contributed by atoms with Gasteiger partial charge in [-0.05, 0) is 13.1 Å². The summed E-state index contributed by atoms with van der Waals surface area (Å²) in [5.41, 5.74) is 1.98. The molecule has 1 aliphatic heterocycles. The lowest BCUT2D eigenvalue weighted by Gasteiger charge is -2.18. The van der Waals surface area contributed by atoms with Gasteiger partial charge < -0.3 is 14.2 Å². The van der Waals surface area contributed by atoms with Crippen LogP contribution in [-0.2, 0) is 13.1 Å². The van der Waals surface area contributed by atoms with Gasteiger partial charge in [0, 0.05) is 43.3 Å². The molecule has 0 saturated heterocycles. The summed E-state index contributed by atoms with van der Waals surface area (Å²) < 4.78 is 16.2. The van der Waals surface area contributed by atoms with Crippen molar-refractivity contribution in [1.82, 2.24) is 14.9 Å². The number of ether oxygens (including phenoxy) is 3. The van der Waals surface area contributed by atoms with Gasteiger partial charge in [0.2, 0.25) is 6.79 Å². The first-order chi connectivity index (χ1) is 10.3. The Balaban J connectivity index is 1.75. The summed E-state index contributed by atoms with van der Waals surface area (Å²) in [6.07, 6.45) is 5.14. The highest BCUT2D eigenvalue weighted by Crippen LogP contribution is 2.38. The second kappa shape index (κ2) is 5.97. The first-order valence-electron chi connectivity index (χ1n) is 6.66. The third-order valence-corrected chi connectivity index (χ3v) is 3.26. The summed E-state index contributed by atoms with van der Waals surface area (Å²) in [6, 6.07) is 3.84. The van der Waals surface area contributed by atoms with E-state index in [1.165, 1.54) is 0 Å². The quantitative estimate of drug-likeness (QED) is 0.836. The van der Waals surface area contributed by atoms with E-state index in [1.54, 1.807) is 25.7 Å². The van der Waals surface area contributed by atoms with Gasteiger partial charge in [0.25, 0.3) is 0 Å². The molecule has 2 aromatic rings. The van der Waals surface area contributed by atoms with Crippen LogP contribution < -0.4 is 14.2 Å². The van der Waals surface area contributed by atoms with Crippen molar-refractivity contribution in [3.05, 3.63) is 42.0 Å². The van der Waals surface area contributed by atoms with E-state index in [0.29, 0.717) is 6.54 Å². The second-order valence-electron chi connectivity index (χ2n) is 4.89. The van der Waals surface area contributed by atoms with Gasteiger partial charge in [-0.1, -0.05) is 0 Å². The van der Waals surface area contributed by atoms with Gasteiger partial charge in [0.15, 0.2) is 11.5 Å². The standard InChI is InChI=1S/C15H17N3O3/c1-18(9-12-7-16-3-4-17-12)8-11-5-14-15(21-10-20-14)6-13(11)19-2/h3-7H,8-10H2,1-2H3. The highest BCUT2D eigenvalue weighted by atomic mass is 16.7. The molecule has 0 fully saturated rings. The fourth-order valence-corrected chi connectivity index (χ4v) is 2.31. The molecule has 21 heavy (non-hydrogen) atoms. The van der Waals surface area contributed by atoms with Crippen LogP contribution in [0.1, 0.15) is 11.3 Å². The Morgan fingerprint density at radius 1 is 1.19 bits per heavy atom. The minimum Gasteiger partial charge on any atom is -0.496 e. The number of nitrogens with zero attached hydrogens (tertiary/aromatic N) is 3. The zero-order chi connectivity index (χ0) is 14.7. The fourth-order valence-electron chi connectivity index (χ4n) is 2.31. The van der Waals surface area contributed by atoms with Crippen molar-refractivity contribution in [1.29, 1.82) is 0 Å². The Labute approximate surface area is 123 Å². The summed E-state index contributed by atoms with van der Waals surface area (Å²) in [7, 11) is 3.68. The molecular weight excluding hydrogens is 270 g/mol. The summed E-state index contributed by atoms with van der Waals surface area (Å²) in [5, 5.41) is 0. The molecule has 2 heterocycles. The van der Waals surface area contributed by atoms with Crippen molar-refractivity contribution in [2.45, 2.75) is 13.1 Å². The third kappa shape index (κ3) is 3.05. The van der Waals surface area contributed by atoms with E-state index in [-0.39, 0.29) is 6.79 Å². The van der Waals surface area contributed by atoms with E-state index >= 15 is 0 Å². The molecule has 0 bridgehead atoms. The zero-order valence-corrected chi connectivity index (χ0v) is 12.1. The predicted octanol–water partition coefficient (Wildman–Crippen LogP) is 1.85. The Hall–Kier alpha value is -2.34. The molecule has 0 amide bonds. The lowest BCUT2D eigenvalue weighted by molar-refractivity contribution is 0.174. The normalized spacial score (nSPS) is 12.7. The van der Waals surface area contributed by atoms with Crippen molar-refractivity contribution in [3.8, 4) is 17.2 Å². The van der Waals surface area contributed by atoms with Gasteiger partial charge >= 0.3 is 0 Å². The molecule has 1 aromatic carbocycles. The van der Waals surface area contributed by atoms with E-state index in [0.717, 1.165) is 35.1 Å². The van der Waals surface area contributed by atoms with Gasteiger partial charge in [-0.3, -0.25) is 14.9 Å². The Kier molecular flexibility index (Phi) is 3.87. The molecular formula is C15H17N3O3. The number of fused-ring (bicyclic) bond motifs is 1. The lowest BCUT2D eigenvalue weighted by Crippen LogP contribution is -2.18. The SMILES string of the molecule is COc1cc2c(cc1CN(C)Cc1cnccn1)OCO2. The summed E-state index contributed by atoms with van der Waals surface area (Å²) in [6.45, 7) is 1.69. The number of aromatic nitrogens is 2. The number of methoxy groups -OCH3 is 1. The van der Waals surface area contributed by atoms with Crippen molar-refractivity contribution in [2.75, 3.05) is 21.0 Å². The van der Waals surface area contributed by atoms with Crippen molar-refractivity contribution in [3.63, 3.8) is 0 Å². The highest BCUT2D eigenvalue weighted by Gasteiger charge is 2.18. The maximum Gasteiger partial charge on any atom is 0.231 e. The van der Waals surface area contributed by atoms with Crippen LogP contribution in [-0.4, -0.2) is 35.8 Å². The molecule has 1 aliphatic rings. The van der Waals surface area contributed by atoms with Crippen LogP contribution in [0.15, 0.2) is 30.7 Å². The van der Waals surface area contributed by atoms with Crippen molar-refractivity contribution in [2.24, 2.45) is 0 Å². The van der Waals surface area contributed by atoms with Crippen LogP contribution in [0.4, 0.5) is 0 Å². The van der Waals surface area contributed by atoms with Crippen LogP contribution in [0, 0.1) is 0 Å². The smallest absolute Gasteiger partial charge is 0.231 e. The number of rotatable bonds is 5. The molecule has 0 unspecified atom stereocenters. The zero-order valence-electron chi connectivity index (χ0n) is 12.1. The topological polar surface area (TPSA) is 56.7 Å². The van der Waals surface area contributed by atoms with Crippen molar-refractivity contribution >= 4 is 0 Å². The molecule has 0 atom stereocenters. The maximum absolute atomic E-state index is 5.43. The first kappa shape index (κ1) is 13.6. The second-order valence-corrected chi connectivity index (χ2v) is 4.89. The minimum absolute atomic E-state index is 0.261.